The number of amides is 1. The summed E-state index contributed by atoms with van der Waals surface area (Å²) in [6.45, 7) is 0.283. The monoisotopic (exact) mass is 496 g/mol. The lowest BCUT2D eigenvalue weighted by molar-refractivity contribution is -0.128. The van der Waals surface area contributed by atoms with Gasteiger partial charge < -0.3 is 24.3 Å². The molecule has 2 aliphatic rings. The van der Waals surface area contributed by atoms with Crippen LogP contribution < -0.4 is 28.6 Å². The first-order chi connectivity index (χ1) is 17.0. The van der Waals surface area contributed by atoms with Gasteiger partial charge in [0.15, 0.2) is 17.6 Å². The van der Waals surface area contributed by atoms with E-state index in [1.54, 1.807) is 42.5 Å². The van der Waals surface area contributed by atoms with Crippen LogP contribution in [-0.4, -0.2) is 53.3 Å². The van der Waals surface area contributed by atoms with Gasteiger partial charge in [0, 0.05) is 0 Å². The van der Waals surface area contributed by atoms with Gasteiger partial charge in [-0.25, -0.2) is 8.42 Å². The molecule has 2 aliphatic heterocycles. The molecule has 1 amide bonds. The van der Waals surface area contributed by atoms with Crippen molar-refractivity contribution in [2.24, 2.45) is 0 Å². The topological polar surface area (TPSA) is 103 Å². The van der Waals surface area contributed by atoms with E-state index in [1.807, 2.05) is 18.2 Å². The van der Waals surface area contributed by atoms with E-state index in [-0.39, 0.29) is 30.7 Å². The first-order valence-corrected chi connectivity index (χ1v) is 12.5. The van der Waals surface area contributed by atoms with Crippen molar-refractivity contribution in [1.82, 2.24) is 5.32 Å². The maximum Gasteiger partial charge on any atom is 0.264 e. The Labute approximate surface area is 203 Å². The first kappa shape index (κ1) is 22.9. The van der Waals surface area contributed by atoms with Crippen LogP contribution in [0.5, 0.6) is 23.0 Å². The summed E-state index contributed by atoms with van der Waals surface area (Å²) in [5.74, 6) is 1.67. The van der Waals surface area contributed by atoms with Crippen molar-refractivity contribution in [1.29, 1.82) is 0 Å². The zero-order chi connectivity index (χ0) is 24.4. The number of rotatable bonds is 6. The predicted molar refractivity (Wildman–Crippen MR) is 128 cm³/mol. The Morgan fingerprint density at radius 2 is 1.66 bits per heavy atom. The van der Waals surface area contributed by atoms with Crippen LogP contribution in [0.4, 0.5) is 5.69 Å². The fraction of sp³-hybridized carbons (Fsp3) is 0.240. The Morgan fingerprint density at radius 1 is 0.971 bits per heavy atom. The molecular formula is C25H24N2O7S. The van der Waals surface area contributed by atoms with E-state index in [2.05, 4.69) is 5.32 Å². The van der Waals surface area contributed by atoms with Gasteiger partial charge in [0.2, 0.25) is 0 Å². The minimum Gasteiger partial charge on any atom is -0.497 e. The molecule has 0 saturated carbocycles. The van der Waals surface area contributed by atoms with E-state index in [9.17, 15) is 13.2 Å². The third-order valence-electron chi connectivity index (χ3n) is 5.75. The largest absolute Gasteiger partial charge is 0.497 e. The highest BCUT2D eigenvalue weighted by molar-refractivity contribution is 7.92. The van der Waals surface area contributed by atoms with E-state index >= 15 is 0 Å². The van der Waals surface area contributed by atoms with Crippen LogP contribution in [0.15, 0.2) is 77.7 Å². The number of nitrogens with zero attached hydrogens (tertiary/aromatic N) is 1. The average molecular weight is 497 g/mol. The second kappa shape index (κ2) is 9.38. The second-order valence-corrected chi connectivity index (χ2v) is 9.89. The van der Waals surface area contributed by atoms with Gasteiger partial charge >= 0.3 is 0 Å². The number of hydrogen-bond acceptors (Lipinski definition) is 7. The lowest BCUT2D eigenvalue weighted by atomic mass is 10.2. The molecule has 10 heteroatoms. The summed E-state index contributed by atoms with van der Waals surface area (Å²) in [6.07, 6.45) is -1.43. The number of ether oxygens (including phenoxy) is 4. The maximum absolute atomic E-state index is 13.5. The normalized spacial score (nSPS) is 18.7. The van der Waals surface area contributed by atoms with Gasteiger partial charge in [-0.05, 0) is 48.5 Å². The minimum absolute atomic E-state index is 0.0839. The fourth-order valence-corrected chi connectivity index (χ4v) is 5.41. The minimum atomic E-state index is -3.96. The number of carbonyl (C=O) groups is 1. The molecule has 2 unspecified atom stereocenters. The van der Waals surface area contributed by atoms with Crippen LogP contribution in [0, 0.1) is 0 Å². The number of hydrogen-bond donors (Lipinski definition) is 1. The fourth-order valence-electron chi connectivity index (χ4n) is 3.93. The zero-order valence-corrected chi connectivity index (χ0v) is 19.7. The van der Waals surface area contributed by atoms with E-state index in [4.69, 9.17) is 18.9 Å². The molecule has 0 bridgehead atoms. The van der Waals surface area contributed by atoms with Gasteiger partial charge in [-0.3, -0.25) is 9.10 Å². The highest BCUT2D eigenvalue weighted by Gasteiger charge is 2.37. The molecule has 5 rings (SSSR count). The summed E-state index contributed by atoms with van der Waals surface area (Å²) >= 11 is 0. The van der Waals surface area contributed by atoms with Gasteiger partial charge in [-0.1, -0.05) is 24.3 Å². The number of sulfonamides is 1. The van der Waals surface area contributed by atoms with Crippen molar-refractivity contribution in [3.8, 4) is 23.0 Å². The highest BCUT2D eigenvalue weighted by atomic mass is 32.2. The zero-order valence-electron chi connectivity index (χ0n) is 18.9. The highest BCUT2D eigenvalue weighted by Crippen LogP contribution is 2.37. The van der Waals surface area contributed by atoms with Crippen LogP contribution in [0.3, 0.4) is 0 Å². The smallest absolute Gasteiger partial charge is 0.264 e. The van der Waals surface area contributed by atoms with Crippen LogP contribution >= 0.6 is 0 Å². The third kappa shape index (κ3) is 4.57. The molecule has 3 aromatic carbocycles. The van der Waals surface area contributed by atoms with Gasteiger partial charge in [0.05, 0.1) is 30.8 Å². The van der Waals surface area contributed by atoms with Gasteiger partial charge in [0.1, 0.15) is 24.2 Å². The van der Waals surface area contributed by atoms with E-state index < -0.39 is 22.0 Å². The molecule has 0 fully saturated rings. The maximum atomic E-state index is 13.5. The van der Waals surface area contributed by atoms with Crippen LogP contribution in [-0.2, 0) is 14.8 Å². The SMILES string of the molecule is COc1ccc(S(=O)(=O)N2CC(C(=O)NCC3COc4ccccc4O3)Oc3ccccc32)cc1. The molecule has 2 heterocycles. The number of benzene rings is 3. The predicted octanol–water partition coefficient (Wildman–Crippen LogP) is 2.61. The molecule has 0 spiro atoms. The molecule has 2 atom stereocenters. The van der Waals surface area contributed by atoms with Gasteiger partial charge in [-0.2, -0.15) is 0 Å². The van der Waals surface area contributed by atoms with Gasteiger partial charge in [0.25, 0.3) is 15.9 Å². The summed E-state index contributed by atoms with van der Waals surface area (Å²) in [4.78, 5) is 13.1. The van der Waals surface area contributed by atoms with Crippen molar-refractivity contribution in [2.45, 2.75) is 17.1 Å². The standard InChI is InChI=1S/C25H24N2O7S/c1-31-17-10-12-19(13-11-17)35(29,30)27-15-24(34-21-7-3-2-6-20(21)27)25(28)26-14-18-16-32-22-8-4-5-9-23(22)33-18/h2-13,18,24H,14-16H2,1H3,(H,26,28). The van der Waals surface area contributed by atoms with E-state index in [1.165, 1.54) is 23.5 Å². The third-order valence-corrected chi connectivity index (χ3v) is 7.54. The second-order valence-electron chi connectivity index (χ2n) is 8.03. The Balaban J connectivity index is 1.32. The molecule has 0 radical (unpaired) electrons. The van der Waals surface area contributed by atoms with E-state index in [0.29, 0.717) is 28.7 Å². The summed E-state index contributed by atoms with van der Waals surface area (Å²) in [7, 11) is -2.45. The molecule has 0 aliphatic carbocycles. The van der Waals surface area contributed by atoms with Gasteiger partial charge in [-0.15, -0.1) is 0 Å². The van der Waals surface area contributed by atoms with Crippen molar-refractivity contribution in [2.75, 3.05) is 31.1 Å². The molecule has 9 nitrogen and oxygen atoms in total. The lowest BCUT2D eigenvalue weighted by Gasteiger charge is -2.35. The van der Waals surface area contributed by atoms with Crippen molar-refractivity contribution in [3.05, 3.63) is 72.8 Å². The summed E-state index contributed by atoms with van der Waals surface area (Å²) in [5.41, 5.74) is 0.369. The van der Waals surface area contributed by atoms with Crippen molar-refractivity contribution < 1.29 is 32.2 Å². The number of methoxy groups -OCH3 is 1. The number of fused-ring (bicyclic) bond motifs is 2. The Bertz CT molecular complexity index is 1330. The number of para-hydroxylation sites is 4. The summed E-state index contributed by atoms with van der Waals surface area (Å²) in [5, 5.41) is 2.80. The lowest BCUT2D eigenvalue weighted by Crippen LogP contribution is -2.52. The van der Waals surface area contributed by atoms with Crippen molar-refractivity contribution in [3.63, 3.8) is 0 Å². The Hall–Kier alpha value is -3.92. The quantitative estimate of drug-likeness (QED) is 0.560. The van der Waals surface area contributed by atoms with Crippen LogP contribution in [0.25, 0.3) is 0 Å². The number of carbonyl (C=O) groups excluding carboxylic acids is 1. The van der Waals surface area contributed by atoms with Crippen molar-refractivity contribution >= 4 is 21.6 Å². The molecule has 0 saturated heterocycles. The summed E-state index contributed by atoms with van der Waals surface area (Å²) < 4.78 is 50.8. The number of anilines is 1. The average Bonchev–Trinajstić information content (AvgIpc) is 2.91. The Kier molecular flexibility index (Phi) is 6.12. The molecule has 1 N–H and O–H groups in total. The molecule has 3 aromatic rings. The van der Waals surface area contributed by atoms with Crippen LogP contribution in [0.1, 0.15) is 0 Å². The van der Waals surface area contributed by atoms with E-state index in [0.717, 1.165) is 0 Å². The molecule has 182 valence electrons. The molecule has 0 aromatic heterocycles. The molecular weight excluding hydrogens is 472 g/mol. The Morgan fingerprint density at radius 3 is 2.40 bits per heavy atom. The summed E-state index contributed by atoms with van der Waals surface area (Å²) in [6, 6.07) is 20.1. The first-order valence-electron chi connectivity index (χ1n) is 11.0. The number of nitrogens with one attached hydrogen (secondary N) is 1. The van der Waals surface area contributed by atoms with Crippen LogP contribution in [0.2, 0.25) is 0 Å². The molecule has 35 heavy (non-hydrogen) atoms.